The molecule has 2 rings (SSSR count). The molecule has 20 heavy (non-hydrogen) atoms. The van der Waals surface area contributed by atoms with E-state index in [1.165, 1.54) is 6.92 Å². The molecule has 0 saturated heterocycles. The molecule has 0 unspecified atom stereocenters. The number of carbonyl (C=O) groups excluding carboxylic acids is 1. The summed E-state index contributed by atoms with van der Waals surface area (Å²) < 4.78 is 11.4. The zero-order valence-corrected chi connectivity index (χ0v) is 13.0. The number of carbonyl (C=O) groups is 1. The summed E-state index contributed by atoms with van der Waals surface area (Å²) in [5, 5.41) is 9.94. The Morgan fingerprint density at radius 2 is 1.95 bits per heavy atom. The predicted octanol–water partition coefficient (Wildman–Crippen LogP) is 3.50. The summed E-state index contributed by atoms with van der Waals surface area (Å²) in [7, 11) is 0. The zero-order valence-electron chi connectivity index (χ0n) is 10.8. The average Bonchev–Trinajstić information content (AvgIpc) is 2.38. The van der Waals surface area contributed by atoms with Gasteiger partial charge in [0.05, 0.1) is 0 Å². The average molecular weight is 384 g/mol. The summed E-state index contributed by atoms with van der Waals surface area (Å²) >= 11 is 2.03. The van der Waals surface area contributed by atoms with Crippen LogP contribution in [0.3, 0.4) is 0 Å². The summed E-state index contributed by atoms with van der Waals surface area (Å²) in [4.78, 5) is 11.1. The third kappa shape index (κ3) is 3.86. The van der Waals surface area contributed by atoms with Gasteiger partial charge in [0.1, 0.15) is 6.61 Å². The second-order valence-electron chi connectivity index (χ2n) is 4.12. The fourth-order valence-electron chi connectivity index (χ4n) is 1.66. The van der Waals surface area contributed by atoms with Crippen LogP contribution in [0.4, 0.5) is 0 Å². The standard InChI is InChI=1S/C15H13IO4/c1-10(17)20-14-8-12(16)7-13(18)15(14)19-9-11-5-3-2-4-6-11/h2-8,18H,9H2,1H3. The minimum absolute atomic E-state index is 0.0518. The summed E-state index contributed by atoms with van der Waals surface area (Å²) in [5.41, 5.74) is 0.958. The summed E-state index contributed by atoms with van der Waals surface area (Å²) in [6.45, 7) is 1.58. The van der Waals surface area contributed by atoms with E-state index in [0.29, 0.717) is 0 Å². The number of phenolic OH excluding ortho intramolecular Hbond substituents is 1. The van der Waals surface area contributed by atoms with Crippen LogP contribution in [0.5, 0.6) is 17.2 Å². The van der Waals surface area contributed by atoms with Crippen LogP contribution >= 0.6 is 22.6 Å². The van der Waals surface area contributed by atoms with Crippen LogP contribution in [0.2, 0.25) is 0 Å². The number of rotatable bonds is 4. The van der Waals surface area contributed by atoms with E-state index < -0.39 is 5.97 Å². The minimum Gasteiger partial charge on any atom is -0.504 e. The molecule has 0 aliphatic heterocycles. The Hall–Kier alpha value is -1.76. The number of benzene rings is 2. The fourth-order valence-corrected chi connectivity index (χ4v) is 2.24. The highest BCUT2D eigenvalue weighted by molar-refractivity contribution is 14.1. The van der Waals surface area contributed by atoms with Crippen molar-refractivity contribution in [2.45, 2.75) is 13.5 Å². The van der Waals surface area contributed by atoms with Gasteiger partial charge in [0.25, 0.3) is 0 Å². The van der Waals surface area contributed by atoms with Gasteiger partial charge in [-0.05, 0) is 40.3 Å². The normalized spacial score (nSPS) is 10.1. The highest BCUT2D eigenvalue weighted by atomic mass is 127. The first kappa shape index (κ1) is 14.6. The largest absolute Gasteiger partial charge is 0.504 e. The Morgan fingerprint density at radius 3 is 2.60 bits per heavy atom. The molecule has 104 valence electrons. The Morgan fingerprint density at radius 1 is 1.25 bits per heavy atom. The first-order chi connectivity index (χ1) is 9.56. The lowest BCUT2D eigenvalue weighted by Crippen LogP contribution is -2.05. The number of hydrogen-bond acceptors (Lipinski definition) is 4. The van der Waals surface area contributed by atoms with Crippen molar-refractivity contribution in [3.63, 3.8) is 0 Å². The number of halogens is 1. The van der Waals surface area contributed by atoms with Crippen molar-refractivity contribution in [1.82, 2.24) is 0 Å². The smallest absolute Gasteiger partial charge is 0.308 e. The molecule has 0 heterocycles. The highest BCUT2D eigenvalue weighted by Crippen LogP contribution is 2.38. The van der Waals surface area contributed by atoms with Crippen molar-refractivity contribution in [3.05, 3.63) is 51.6 Å². The molecule has 0 saturated carbocycles. The first-order valence-corrected chi connectivity index (χ1v) is 7.02. The lowest BCUT2D eigenvalue weighted by atomic mass is 10.2. The fraction of sp³-hybridized carbons (Fsp3) is 0.133. The molecule has 2 aromatic rings. The monoisotopic (exact) mass is 384 g/mol. The van der Waals surface area contributed by atoms with Gasteiger partial charge in [-0.3, -0.25) is 4.79 Å². The van der Waals surface area contributed by atoms with Crippen LogP contribution in [0.1, 0.15) is 12.5 Å². The minimum atomic E-state index is -0.462. The number of ether oxygens (including phenoxy) is 2. The van der Waals surface area contributed by atoms with Crippen molar-refractivity contribution in [1.29, 1.82) is 0 Å². The Kier molecular flexibility index (Phi) is 4.84. The van der Waals surface area contributed by atoms with Crippen molar-refractivity contribution in [3.8, 4) is 17.2 Å². The molecular formula is C15H13IO4. The molecule has 0 radical (unpaired) electrons. The van der Waals surface area contributed by atoms with Gasteiger partial charge in [-0.2, -0.15) is 0 Å². The van der Waals surface area contributed by atoms with Crippen LogP contribution in [-0.4, -0.2) is 11.1 Å². The van der Waals surface area contributed by atoms with E-state index in [1.54, 1.807) is 12.1 Å². The molecule has 2 aromatic carbocycles. The number of esters is 1. The van der Waals surface area contributed by atoms with E-state index in [-0.39, 0.29) is 23.9 Å². The van der Waals surface area contributed by atoms with E-state index in [4.69, 9.17) is 9.47 Å². The lowest BCUT2D eigenvalue weighted by Gasteiger charge is -2.13. The van der Waals surface area contributed by atoms with Gasteiger partial charge >= 0.3 is 5.97 Å². The van der Waals surface area contributed by atoms with Gasteiger partial charge in [0.15, 0.2) is 11.5 Å². The van der Waals surface area contributed by atoms with Crippen LogP contribution < -0.4 is 9.47 Å². The van der Waals surface area contributed by atoms with Gasteiger partial charge in [-0.25, -0.2) is 0 Å². The molecular weight excluding hydrogens is 371 g/mol. The van der Waals surface area contributed by atoms with Gasteiger partial charge in [-0.15, -0.1) is 0 Å². The Labute approximate surface area is 130 Å². The Bertz CT molecular complexity index is 611. The molecule has 0 aliphatic rings. The maximum Gasteiger partial charge on any atom is 0.308 e. The molecule has 4 nitrogen and oxygen atoms in total. The maximum atomic E-state index is 11.1. The first-order valence-electron chi connectivity index (χ1n) is 5.94. The van der Waals surface area contributed by atoms with Gasteiger partial charge in [0.2, 0.25) is 5.75 Å². The van der Waals surface area contributed by atoms with E-state index >= 15 is 0 Å². The molecule has 5 heteroatoms. The van der Waals surface area contributed by atoms with Crippen molar-refractivity contribution < 1.29 is 19.4 Å². The van der Waals surface area contributed by atoms with Gasteiger partial charge in [0, 0.05) is 10.5 Å². The topological polar surface area (TPSA) is 55.8 Å². The van der Waals surface area contributed by atoms with Gasteiger partial charge in [-0.1, -0.05) is 30.3 Å². The van der Waals surface area contributed by atoms with Crippen LogP contribution in [0.15, 0.2) is 42.5 Å². The molecule has 0 bridgehead atoms. The number of phenols is 1. The maximum absolute atomic E-state index is 11.1. The van der Waals surface area contributed by atoms with Crippen LogP contribution in [0, 0.1) is 3.57 Å². The van der Waals surface area contributed by atoms with Gasteiger partial charge < -0.3 is 14.6 Å². The number of aromatic hydroxyl groups is 1. The molecule has 0 spiro atoms. The molecule has 0 aliphatic carbocycles. The molecule has 1 N–H and O–H groups in total. The second kappa shape index (κ2) is 6.60. The van der Waals surface area contributed by atoms with Crippen molar-refractivity contribution in [2.24, 2.45) is 0 Å². The molecule has 0 atom stereocenters. The third-order valence-electron chi connectivity index (χ3n) is 2.48. The van der Waals surface area contributed by atoms with E-state index in [9.17, 15) is 9.90 Å². The predicted molar refractivity (Wildman–Crippen MR) is 82.9 cm³/mol. The highest BCUT2D eigenvalue weighted by Gasteiger charge is 2.14. The Balaban J connectivity index is 2.23. The second-order valence-corrected chi connectivity index (χ2v) is 5.37. The van der Waals surface area contributed by atoms with E-state index in [0.717, 1.165) is 9.13 Å². The summed E-state index contributed by atoms with van der Waals surface area (Å²) in [6, 6.07) is 12.7. The molecule has 0 fully saturated rings. The van der Waals surface area contributed by atoms with Crippen LogP contribution in [0.25, 0.3) is 0 Å². The SMILES string of the molecule is CC(=O)Oc1cc(I)cc(O)c1OCc1ccccc1. The zero-order chi connectivity index (χ0) is 14.5. The number of hydrogen-bond donors (Lipinski definition) is 1. The summed E-state index contributed by atoms with van der Waals surface area (Å²) in [5.74, 6) is -0.123. The van der Waals surface area contributed by atoms with Crippen LogP contribution in [-0.2, 0) is 11.4 Å². The van der Waals surface area contributed by atoms with Crippen molar-refractivity contribution >= 4 is 28.6 Å². The van der Waals surface area contributed by atoms with Crippen molar-refractivity contribution in [2.75, 3.05) is 0 Å². The van der Waals surface area contributed by atoms with E-state index in [1.807, 2.05) is 52.9 Å². The third-order valence-corrected chi connectivity index (χ3v) is 3.10. The van der Waals surface area contributed by atoms with E-state index in [2.05, 4.69) is 0 Å². The summed E-state index contributed by atoms with van der Waals surface area (Å²) in [6.07, 6.45) is 0. The quantitative estimate of drug-likeness (QED) is 0.498. The molecule has 0 aromatic heterocycles. The molecule has 0 amide bonds. The lowest BCUT2D eigenvalue weighted by molar-refractivity contribution is -0.132.